The molecule has 3 heteroatoms. The highest BCUT2D eigenvalue weighted by Crippen LogP contribution is 2.22. The van der Waals surface area contributed by atoms with Crippen LogP contribution in [0.2, 0.25) is 0 Å². The maximum atomic E-state index is 12.9. The smallest absolute Gasteiger partial charge is 0.227 e. The second-order valence-corrected chi connectivity index (χ2v) is 6.53. The van der Waals surface area contributed by atoms with Crippen molar-refractivity contribution in [1.82, 2.24) is 5.32 Å². The molecule has 0 atom stereocenters. The first kappa shape index (κ1) is 16.7. The number of para-hydroxylation sites is 1. The zero-order valence-corrected chi connectivity index (χ0v) is 14.2. The van der Waals surface area contributed by atoms with Crippen molar-refractivity contribution in [3.8, 4) is 0 Å². The summed E-state index contributed by atoms with van der Waals surface area (Å²) in [5.74, 6) is 0.910. The average molecular weight is 322 g/mol. The molecule has 2 aromatic rings. The van der Waals surface area contributed by atoms with E-state index in [1.807, 2.05) is 53.4 Å². The van der Waals surface area contributed by atoms with Crippen LogP contribution in [0.1, 0.15) is 31.2 Å². The Balaban J connectivity index is 1.67. The topological polar surface area (TPSA) is 32.3 Å². The second-order valence-electron chi connectivity index (χ2n) is 6.53. The highest BCUT2D eigenvalue weighted by Gasteiger charge is 2.19. The maximum absolute atomic E-state index is 12.9. The number of amides is 1. The molecule has 2 aromatic carbocycles. The van der Waals surface area contributed by atoms with Crippen LogP contribution < -0.4 is 10.2 Å². The van der Waals surface area contributed by atoms with E-state index in [-0.39, 0.29) is 5.91 Å². The van der Waals surface area contributed by atoms with Gasteiger partial charge >= 0.3 is 0 Å². The molecule has 1 N–H and O–H groups in total. The first-order valence-corrected chi connectivity index (χ1v) is 8.93. The third kappa shape index (κ3) is 4.68. The number of rotatable bonds is 6. The van der Waals surface area contributed by atoms with Gasteiger partial charge in [0.25, 0.3) is 0 Å². The minimum atomic E-state index is 0.226. The van der Waals surface area contributed by atoms with E-state index in [1.54, 1.807) is 0 Å². The van der Waals surface area contributed by atoms with Crippen LogP contribution in [-0.4, -0.2) is 19.0 Å². The molecule has 1 aliphatic rings. The summed E-state index contributed by atoms with van der Waals surface area (Å²) in [5, 5.41) is 3.39. The highest BCUT2D eigenvalue weighted by molar-refractivity contribution is 5.93. The Morgan fingerprint density at radius 2 is 1.58 bits per heavy atom. The Labute approximate surface area is 144 Å². The van der Waals surface area contributed by atoms with Gasteiger partial charge in [0.2, 0.25) is 5.91 Å². The Kier molecular flexibility index (Phi) is 6.02. The lowest BCUT2D eigenvalue weighted by molar-refractivity contribution is -0.119. The summed E-state index contributed by atoms with van der Waals surface area (Å²) in [4.78, 5) is 14.8. The summed E-state index contributed by atoms with van der Waals surface area (Å²) in [6, 6.07) is 20.2. The molecule has 0 radical (unpaired) electrons. The molecule has 0 aromatic heterocycles. The van der Waals surface area contributed by atoms with Crippen LogP contribution in [0.25, 0.3) is 0 Å². The molecule has 24 heavy (non-hydrogen) atoms. The number of benzene rings is 2. The molecule has 0 saturated carbocycles. The largest absolute Gasteiger partial charge is 0.317 e. The first-order chi connectivity index (χ1) is 11.8. The summed E-state index contributed by atoms with van der Waals surface area (Å²) in [7, 11) is 0. The lowest BCUT2D eigenvalue weighted by Crippen LogP contribution is -2.32. The number of anilines is 1. The van der Waals surface area contributed by atoms with Gasteiger partial charge < -0.3 is 10.2 Å². The standard InChI is InChI=1S/C21H26N2O/c24-21(12-11-18-13-15-22-16-14-18)23(20-9-5-2-6-10-20)17-19-7-3-1-4-8-19/h1-10,18,22H,11-17H2. The summed E-state index contributed by atoms with van der Waals surface area (Å²) in [6.45, 7) is 2.81. The Morgan fingerprint density at radius 1 is 0.958 bits per heavy atom. The molecule has 126 valence electrons. The molecule has 0 spiro atoms. The number of nitrogens with one attached hydrogen (secondary N) is 1. The van der Waals surface area contributed by atoms with Gasteiger partial charge in [0.1, 0.15) is 0 Å². The van der Waals surface area contributed by atoms with Crippen molar-refractivity contribution in [3.63, 3.8) is 0 Å². The third-order valence-corrected chi connectivity index (χ3v) is 4.78. The summed E-state index contributed by atoms with van der Waals surface area (Å²) in [6.07, 6.45) is 4.01. The zero-order chi connectivity index (χ0) is 16.6. The summed E-state index contributed by atoms with van der Waals surface area (Å²) in [5.41, 5.74) is 2.15. The first-order valence-electron chi connectivity index (χ1n) is 8.93. The van der Waals surface area contributed by atoms with Crippen LogP contribution in [0.3, 0.4) is 0 Å². The molecule has 1 heterocycles. The number of carbonyl (C=O) groups is 1. The van der Waals surface area contributed by atoms with Gasteiger partial charge in [-0.2, -0.15) is 0 Å². The van der Waals surface area contributed by atoms with Gasteiger partial charge in [-0.3, -0.25) is 4.79 Å². The number of hydrogen-bond acceptors (Lipinski definition) is 2. The van der Waals surface area contributed by atoms with Gasteiger partial charge in [0, 0.05) is 12.1 Å². The van der Waals surface area contributed by atoms with Crippen molar-refractivity contribution >= 4 is 11.6 Å². The van der Waals surface area contributed by atoms with Crippen molar-refractivity contribution in [3.05, 3.63) is 66.2 Å². The summed E-state index contributed by atoms with van der Waals surface area (Å²) >= 11 is 0. The Morgan fingerprint density at radius 3 is 2.25 bits per heavy atom. The lowest BCUT2D eigenvalue weighted by Gasteiger charge is -2.26. The van der Waals surface area contributed by atoms with Crippen LogP contribution in [0.4, 0.5) is 5.69 Å². The van der Waals surface area contributed by atoms with E-state index in [2.05, 4.69) is 17.4 Å². The quantitative estimate of drug-likeness (QED) is 0.872. The number of hydrogen-bond donors (Lipinski definition) is 1. The van der Waals surface area contributed by atoms with E-state index in [4.69, 9.17) is 0 Å². The molecule has 1 fully saturated rings. The Hall–Kier alpha value is -2.13. The molecule has 1 amide bonds. The van der Waals surface area contributed by atoms with Crippen molar-refractivity contribution < 1.29 is 4.79 Å². The molecule has 1 aliphatic heterocycles. The predicted molar refractivity (Wildman–Crippen MR) is 98.9 cm³/mol. The molecule has 0 bridgehead atoms. The number of nitrogens with zero attached hydrogens (tertiary/aromatic N) is 1. The van der Waals surface area contributed by atoms with E-state index in [0.29, 0.717) is 18.9 Å². The van der Waals surface area contributed by atoms with Gasteiger partial charge in [-0.1, -0.05) is 48.5 Å². The monoisotopic (exact) mass is 322 g/mol. The predicted octanol–water partition coefficient (Wildman–Crippen LogP) is 4.00. The number of piperidine rings is 1. The third-order valence-electron chi connectivity index (χ3n) is 4.78. The van der Waals surface area contributed by atoms with Crippen molar-refractivity contribution in [1.29, 1.82) is 0 Å². The van der Waals surface area contributed by atoms with E-state index >= 15 is 0 Å². The van der Waals surface area contributed by atoms with Crippen molar-refractivity contribution in [2.75, 3.05) is 18.0 Å². The maximum Gasteiger partial charge on any atom is 0.227 e. The van der Waals surface area contributed by atoms with Gasteiger partial charge in [0.15, 0.2) is 0 Å². The van der Waals surface area contributed by atoms with Gasteiger partial charge in [-0.25, -0.2) is 0 Å². The van der Waals surface area contributed by atoms with Gasteiger partial charge in [-0.15, -0.1) is 0 Å². The minimum absolute atomic E-state index is 0.226. The molecule has 0 aliphatic carbocycles. The van der Waals surface area contributed by atoms with Crippen LogP contribution in [0, 0.1) is 5.92 Å². The van der Waals surface area contributed by atoms with Crippen LogP contribution in [-0.2, 0) is 11.3 Å². The average Bonchev–Trinajstić information content (AvgIpc) is 2.66. The van der Waals surface area contributed by atoms with Gasteiger partial charge in [0.05, 0.1) is 6.54 Å². The van der Waals surface area contributed by atoms with Crippen LogP contribution >= 0.6 is 0 Å². The molecule has 0 unspecified atom stereocenters. The van der Waals surface area contributed by atoms with E-state index in [0.717, 1.165) is 30.8 Å². The molecule has 3 rings (SSSR count). The van der Waals surface area contributed by atoms with E-state index in [1.165, 1.54) is 12.8 Å². The molecule has 1 saturated heterocycles. The molecular weight excluding hydrogens is 296 g/mol. The van der Waals surface area contributed by atoms with E-state index < -0.39 is 0 Å². The fourth-order valence-corrected chi connectivity index (χ4v) is 3.33. The van der Waals surface area contributed by atoms with E-state index in [9.17, 15) is 4.79 Å². The Bertz CT molecular complexity index is 621. The van der Waals surface area contributed by atoms with Crippen molar-refractivity contribution in [2.45, 2.75) is 32.2 Å². The molecular formula is C21H26N2O. The van der Waals surface area contributed by atoms with Crippen molar-refractivity contribution in [2.24, 2.45) is 5.92 Å². The highest BCUT2D eigenvalue weighted by atomic mass is 16.2. The second kappa shape index (κ2) is 8.65. The van der Waals surface area contributed by atoms with Crippen LogP contribution in [0.5, 0.6) is 0 Å². The fraction of sp³-hybridized carbons (Fsp3) is 0.381. The van der Waals surface area contributed by atoms with Crippen LogP contribution in [0.15, 0.2) is 60.7 Å². The minimum Gasteiger partial charge on any atom is -0.317 e. The fourth-order valence-electron chi connectivity index (χ4n) is 3.33. The number of carbonyl (C=O) groups excluding carboxylic acids is 1. The zero-order valence-electron chi connectivity index (χ0n) is 14.2. The normalized spacial score (nSPS) is 15.2. The lowest BCUT2D eigenvalue weighted by atomic mass is 9.93. The molecule has 3 nitrogen and oxygen atoms in total. The summed E-state index contributed by atoms with van der Waals surface area (Å²) < 4.78 is 0. The SMILES string of the molecule is O=C(CCC1CCNCC1)N(Cc1ccccc1)c1ccccc1. The van der Waals surface area contributed by atoms with Gasteiger partial charge in [-0.05, 0) is 56.0 Å².